The van der Waals surface area contributed by atoms with Gasteiger partial charge in [-0.15, -0.1) is 0 Å². The maximum atomic E-state index is 12.3. The van der Waals surface area contributed by atoms with Crippen molar-refractivity contribution < 1.29 is 4.79 Å². The number of rotatable bonds is 1. The molecule has 0 bridgehead atoms. The Hall–Kier alpha value is -2.30. The summed E-state index contributed by atoms with van der Waals surface area (Å²) in [6.45, 7) is 1.86. The number of carbonyl (C=O) groups excluding carboxylic acids is 1. The van der Waals surface area contributed by atoms with Crippen LogP contribution >= 0.6 is 0 Å². The molecular formula is C12H12N4O. The van der Waals surface area contributed by atoms with Crippen LogP contribution in [0.15, 0.2) is 47.8 Å². The highest BCUT2D eigenvalue weighted by molar-refractivity contribution is 6.03. The molecule has 3 rings (SSSR count). The average Bonchev–Trinajstić information content (AvgIpc) is 2.74. The Kier molecular flexibility index (Phi) is 2.11. The lowest BCUT2D eigenvalue weighted by Gasteiger charge is -2.31. The number of nitrogens with one attached hydrogen (secondary N) is 1. The molecule has 1 aromatic carbocycles. The van der Waals surface area contributed by atoms with E-state index in [2.05, 4.69) is 10.5 Å². The summed E-state index contributed by atoms with van der Waals surface area (Å²) in [6.07, 6.45) is 3.21. The zero-order valence-corrected chi connectivity index (χ0v) is 9.37. The molecule has 0 aliphatic carbocycles. The third-order valence-electron chi connectivity index (χ3n) is 2.88. The van der Waals surface area contributed by atoms with Crippen LogP contribution in [0.25, 0.3) is 0 Å². The number of hydrogen-bond donors (Lipinski definition) is 1. The molecule has 1 N–H and O–H groups in total. The highest BCUT2D eigenvalue weighted by atomic mass is 16.2. The number of anilines is 1. The van der Waals surface area contributed by atoms with Gasteiger partial charge >= 0.3 is 0 Å². The fourth-order valence-electron chi connectivity index (χ4n) is 1.98. The van der Waals surface area contributed by atoms with Crippen LogP contribution in [0.2, 0.25) is 0 Å². The van der Waals surface area contributed by atoms with Crippen LogP contribution in [0.3, 0.4) is 0 Å². The van der Waals surface area contributed by atoms with E-state index in [0.29, 0.717) is 0 Å². The van der Waals surface area contributed by atoms with Crippen molar-refractivity contribution in [3.63, 3.8) is 0 Å². The molecule has 2 aliphatic rings. The molecule has 1 amide bonds. The lowest BCUT2D eigenvalue weighted by molar-refractivity contribution is -0.122. The average molecular weight is 228 g/mol. The molecule has 5 nitrogen and oxygen atoms in total. The summed E-state index contributed by atoms with van der Waals surface area (Å²) < 4.78 is 0. The van der Waals surface area contributed by atoms with E-state index in [9.17, 15) is 4.79 Å². The monoisotopic (exact) mass is 228 g/mol. The summed E-state index contributed by atoms with van der Waals surface area (Å²) in [5.74, 6) is 0.770. The first-order valence-corrected chi connectivity index (χ1v) is 5.42. The molecule has 0 spiro atoms. The molecule has 2 aliphatic heterocycles. The van der Waals surface area contributed by atoms with E-state index < -0.39 is 6.17 Å². The van der Waals surface area contributed by atoms with E-state index in [0.717, 1.165) is 11.5 Å². The zero-order valence-electron chi connectivity index (χ0n) is 9.37. The second-order valence-corrected chi connectivity index (χ2v) is 3.94. The Balaban J connectivity index is 1.94. The summed E-state index contributed by atoms with van der Waals surface area (Å²) >= 11 is 0. The van der Waals surface area contributed by atoms with Crippen molar-refractivity contribution in [1.82, 2.24) is 10.3 Å². The molecule has 5 heteroatoms. The fourth-order valence-corrected chi connectivity index (χ4v) is 1.98. The Morgan fingerprint density at radius 2 is 2.00 bits per heavy atom. The molecule has 0 radical (unpaired) electrons. The van der Waals surface area contributed by atoms with Crippen molar-refractivity contribution in [2.75, 3.05) is 4.90 Å². The van der Waals surface area contributed by atoms with Crippen molar-refractivity contribution in [1.29, 1.82) is 0 Å². The van der Waals surface area contributed by atoms with Gasteiger partial charge in [-0.25, -0.2) is 0 Å². The van der Waals surface area contributed by atoms with Crippen molar-refractivity contribution in [2.45, 2.75) is 13.1 Å². The fraction of sp³-hybridized carbons (Fsp3) is 0.167. The number of fused-ring (bicyclic) bond motifs is 1. The van der Waals surface area contributed by atoms with Gasteiger partial charge in [-0.2, -0.15) is 5.10 Å². The molecule has 1 aromatic rings. The minimum Gasteiger partial charge on any atom is -0.303 e. The third-order valence-corrected chi connectivity index (χ3v) is 2.88. The second-order valence-electron chi connectivity index (χ2n) is 3.94. The van der Waals surface area contributed by atoms with Crippen LogP contribution in [-0.4, -0.2) is 22.8 Å². The van der Waals surface area contributed by atoms with Gasteiger partial charge in [-0.05, 0) is 19.1 Å². The van der Waals surface area contributed by atoms with Crippen LogP contribution in [0.5, 0.6) is 0 Å². The van der Waals surface area contributed by atoms with Crippen LogP contribution in [0, 0.1) is 0 Å². The molecule has 1 atom stereocenters. The maximum absolute atomic E-state index is 12.3. The van der Waals surface area contributed by atoms with Gasteiger partial charge in [0, 0.05) is 18.1 Å². The number of amidine groups is 1. The highest BCUT2D eigenvalue weighted by Gasteiger charge is 2.36. The molecule has 0 saturated heterocycles. The molecule has 1 unspecified atom stereocenters. The van der Waals surface area contributed by atoms with E-state index in [1.807, 2.05) is 48.4 Å². The standard InChI is InChI=1S/C12H12N4O/c1-9-13-14-11-12(17)16(8-7-15(9)11)10-5-3-2-4-6-10/h2-8,11,14H,1H3. The molecule has 2 heterocycles. The van der Waals surface area contributed by atoms with Gasteiger partial charge in [0.05, 0.1) is 0 Å². The van der Waals surface area contributed by atoms with Gasteiger partial charge in [-0.3, -0.25) is 15.1 Å². The Morgan fingerprint density at radius 3 is 2.76 bits per heavy atom. The van der Waals surface area contributed by atoms with Crippen molar-refractivity contribution in [2.24, 2.45) is 5.10 Å². The number of amides is 1. The quantitative estimate of drug-likeness (QED) is 0.782. The number of carbonyl (C=O) groups is 1. The van der Waals surface area contributed by atoms with Gasteiger partial charge in [0.25, 0.3) is 5.91 Å². The van der Waals surface area contributed by atoms with Crippen LogP contribution in [0.4, 0.5) is 5.69 Å². The molecule has 0 aromatic heterocycles. The topological polar surface area (TPSA) is 47.9 Å². The van der Waals surface area contributed by atoms with Gasteiger partial charge < -0.3 is 4.90 Å². The summed E-state index contributed by atoms with van der Waals surface area (Å²) in [5, 5.41) is 4.05. The zero-order chi connectivity index (χ0) is 11.8. The molecule has 86 valence electrons. The van der Waals surface area contributed by atoms with Gasteiger partial charge in [0.15, 0.2) is 0 Å². The summed E-state index contributed by atoms with van der Waals surface area (Å²) in [4.78, 5) is 15.7. The van der Waals surface area contributed by atoms with Crippen molar-refractivity contribution >= 4 is 17.4 Å². The van der Waals surface area contributed by atoms with Gasteiger partial charge in [0.2, 0.25) is 6.17 Å². The van der Waals surface area contributed by atoms with E-state index >= 15 is 0 Å². The lowest BCUT2D eigenvalue weighted by atomic mass is 10.2. The van der Waals surface area contributed by atoms with E-state index in [4.69, 9.17) is 0 Å². The molecule has 17 heavy (non-hydrogen) atoms. The summed E-state index contributed by atoms with van der Waals surface area (Å²) in [5.41, 5.74) is 3.69. The molecule has 0 saturated carbocycles. The van der Waals surface area contributed by atoms with Gasteiger partial charge in [0.1, 0.15) is 5.84 Å². The Labute approximate surface area is 99.0 Å². The first-order chi connectivity index (χ1) is 8.27. The smallest absolute Gasteiger partial charge is 0.276 e. The number of nitrogens with zero attached hydrogens (tertiary/aromatic N) is 3. The van der Waals surface area contributed by atoms with E-state index in [1.54, 1.807) is 11.1 Å². The Bertz CT molecular complexity index is 508. The van der Waals surface area contributed by atoms with Gasteiger partial charge in [-0.1, -0.05) is 18.2 Å². The third kappa shape index (κ3) is 1.47. The molecular weight excluding hydrogens is 216 g/mol. The highest BCUT2D eigenvalue weighted by Crippen LogP contribution is 2.21. The second kappa shape index (κ2) is 3.62. The predicted octanol–water partition coefficient (Wildman–Crippen LogP) is 1.07. The molecule has 0 fully saturated rings. The number of hydrazone groups is 1. The largest absolute Gasteiger partial charge is 0.303 e. The lowest BCUT2D eigenvalue weighted by Crippen LogP contribution is -2.52. The van der Waals surface area contributed by atoms with Crippen LogP contribution in [0.1, 0.15) is 6.92 Å². The summed E-state index contributed by atoms with van der Waals surface area (Å²) in [7, 11) is 0. The Morgan fingerprint density at radius 1 is 1.24 bits per heavy atom. The van der Waals surface area contributed by atoms with E-state index in [-0.39, 0.29) is 5.91 Å². The van der Waals surface area contributed by atoms with E-state index in [1.165, 1.54) is 0 Å². The maximum Gasteiger partial charge on any atom is 0.276 e. The number of hydrogen-bond acceptors (Lipinski definition) is 4. The van der Waals surface area contributed by atoms with Crippen LogP contribution < -0.4 is 10.3 Å². The number of para-hydroxylation sites is 1. The normalized spacial score (nSPS) is 22.3. The summed E-state index contributed by atoms with van der Waals surface area (Å²) in [6, 6.07) is 9.55. The minimum absolute atomic E-state index is 0.0284. The minimum atomic E-state index is -0.416. The first-order valence-electron chi connectivity index (χ1n) is 5.42. The predicted molar refractivity (Wildman–Crippen MR) is 64.9 cm³/mol. The van der Waals surface area contributed by atoms with Crippen LogP contribution in [-0.2, 0) is 4.79 Å². The van der Waals surface area contributed by atoms with Crippen molar-refractivity contribution in [3.05, 3.63) is 42.7 Å². The first kappa shape index (κ1) is 9.89. The SMILES string of the molecule is CC1=NNC2C(=O)N(c3ccccc3)C=CN12. The number of benzene rings is 1. The van der Waals surface area contributed by atoms with Crippen molar-refractivity contribution in [3.8, 4) is 0 Å².